The summed E-state index contributed by atoms with van der Waals surface area (Å²) < 4.78 is 62.7. The predicted molar refractivity (Wildman–Crippen MR) is 117 cm³/mol. The Morgan fingerprint density at radius 1 is 1.06 bits per heavy atom. The molecule has 0 aliphatic rings. The van der Waals surface area contributed by atoms with Crippen molar-refractivity contribution in [2.45, 2.75) is 12.8 Å². The Balaban J connectivity index is 1.75. The summed E-state index contributed by atoms with van der Waals surface area (Å²) in [4.78, 5) is 12.4. The van der Waals surface area contributed by atoms with Crippen molar-refractivity contribution in [1.82, 2.24) is 0 Å². The molecule has 9 heteroatoms. The number of halogens is 4. The van der Waals surface area contributed by atoms with Crippen LogP contribution in [0.4, 0.5) is 23.2 Å². The molecule has 0 radical (unpaired) electrons. The van der Waals surface area contributed by atoms with E-state index in [2.05, 4.69) is 5.32 Å². The van der Waals surface area contributed by atoms with Crippen LogP contribution in [0.25, 0.3) is 6.08 Å². The first-order valence-electron chi connectivity index (χ1n) is 9.85. The fraction of sp³-hybridized carbons (Fsp3) is 0.120. The molecule has 0 aliphatic carbocycles. The minimum absolute atomic E-state index is 0.0944. The van der Waals surface area contributed by atoms with E-state index in [1.807, 2.05) is 0 Å². The van der Waals surface area contributed by atoms with Crippen molar-refractivity contribution in [3.05, 3.63) is 94.8 Å². The highest BCUT2D eigenvalue weighted by atomic mass is 19.4. The molecule has 0 aromatic heterocycles. The molecule has 0 saturated heterocycles. The Labute approximate surface area is 192 Å². The molecule has 0 unspecified atom stereocenters. The fourth-order valence-electron chi connectivity index (χ4n) is 2.92. The molecule has 0 fully saturated rings. The highest BCUT2D eigenvalue weighted by molar-refractivity contribution is 6.09. The zero-order chi connectivity index (χ0) is 24.7. The number of methoxy groups -OCH3 is 1. The number of rotatable bonds is 7. The second kappa shape index (κ2) is 10.5. The minimum Gasteiger partial charge on any atom is -0.493 e. The van der Waals surface area contributed by atoms with Gasteiger partial charge in [-0.15, -0.1) is 0 Å². The van der Waals surface area contributed by atoms with E-state index in [9.17, 15) is 27.6 Å². The van der Waals surface area contributed by atoms with Crippen LogP contribution in [0, 0.1) is 17.1 Å². The van der Waals surface area contributed by atoms with Crippen LogP contribution in [-0.4, -0.2) is 13.0 Å². The van der Waals surface area contributed by atoms with Gasteiger partial charge in [-0.2, -0.15) is 18.4 Å². The topological polar surface area (TPSA) is 71.3 Å². The van der Waals surface area contributed by atoms with Gasteiger partial charge in [0.25, 0.3) is 5.91 Å². The standard InChI is InChI=1S/C25H18F4N2O3/c1-33-23-12-17(7-10-22(23)34-15-16-5-8-20(26)9-6-16)11-18(14-30)24(32)31-21-4-2-3-19(13-21)25(27,28)29/h2-13H,15H2,1H3,(H,31,32)/b18-11+. The Kier molecular flexibility index (Phi) is 7.53. The number of nitrogens with one attached hydrogen (secondary N) is 1. The summed E-state index contributed by atoms with van der Waals surface area (Å²) in [6.07, 6.45) is -3.29. The van der Waals surface area contributed by atoms with Crippen LogP contribution < -0.4 is 14.8 Å². The molecule has 0 spiro atoms. The van der Waals surface area contributed by atoms with Gasteiger partial charge in [-0.1, -0.05) is 24.3 Å². The van der Waals surface area contributed by atoms with Gasteiger partial charge >= 0.3 is 6.18 Å². The highest BCUT2D eigenvalue weighted by Crippen LogP contribution is 2.31. The monoisotopic (exact) mass is 470 g/mol. The molecule has 0 heterocycles. The quantitative estimate of drug-likeness (QED) is 0.262. The number of hydrogen-bond acceptors (Lipinski definition) is 4. The van der Waals surface area contributed by atoms with Crippen molar-refractivity contribution in [3.63, 3.8) is 0 Å². The van der Waals surface area contributed by atoms with Crippen LogP contribution in [-0.2, 0) is 17.6 Å². The molecule has 174 valence electrons. The van der Waals surface area contributed by atoms with Crippen molar-refractivity contribution in [1.29, 1.82) is 5.26 Å². The molecular weight excluding hydrogens is 452 g/mol. The predicted octanol–water partition coefficient (Wildman–Crippen LogP) is 5.98. The zero-order valence-electron chi connectivity index (χ0n) is 17.8. The number of anilines is 1. The number of nitrogens with zero attached hydrogens (tertiary/aromatic N) is 1. The van der Waals surface area contributed by atoms with Crippen molar-refractivity contribution >= 4 is 17.7 Å². The first-order valence-corrected chi connectivity index (χ1v) is 9.85. The van der Waals surface area contributed by atoms with Crippen molar-refractivity contribution < 1.29 is 31.8 Å². The van der Waals surface area contributed by atoms with Gasteiger partial charge in [0.1, 0.15) is 24.1 Å². The second-order valence-electron chi connectivity index (χ2n) is 7.03. The number of alkyl halides is 3. The van der Waals surface area contributed by atoms with Gasteiger partial charge in [0.05, 0.1) is 12.7 Å². The first kappa shape index (κ1) is 24.3. The third kappa shape index (κ3) is 6.36. The minimum atomic E-state index is -4.56. The average Bonchev–Trinajstić information content (AvgIpc) is 2.82. The number of hydrogen-bond donors (Lipinski definition) is 1. The van der Waals surface area contributed by atoms with Crippen LogP contribution in [0.3, 0.4) is 0 Å². The summed E-state index contributed by atoms with van der Waals surface area (Å²) in [5, 5.41) is 11.7. The highest BCUT2D eigenvalue weighted by Gasteiger charge is 2.30. The van der Waals surface area contributed by atoms with Crippen LogP contribution in [0.2, 0.25) is 0 Å². The molecule has 0 bridgehead atoms. The number of ether oxygens (including phenoxy) is 2. The van der Waals surface area contributed by atoms with E-state index in [4.69, 9.17) is 9.47 Å². The molecule has 34 heavy (non-hydrogen) atoms. The van der Waals surface area contributed by atoms with Gasteiger partial charge in [0, 0.05) is 5.69 Å². The molecular formula is C25H18F4N2O3. The fourth-order valence-corrected chi connectivity index (χ4v) is 2.92. The Bertz CT molecular complexity index is 1250. The third-order valence-electron chi connectivity index (χ3n) is 4.62. The normalized spacial score (nSPS) is 11.5. The van der Waals surface area contributed by atoms with E-state index in [1.54, 1.807) is 30.3 Å². The van der Waals surface area contributed by atoms with Crippen LogP contribution in [0.15, 0.2) is 72.3 Å². The van der Waals surface area contributed by atoms with Crippen LogP contribution in [0.1, 0.15) is 16.7 Å². The summed E-state index contributed by atoms with van der Waals surface area (Å²) in [6.45, 7) is 0.161. The Hall–Kier alpha value is -4.32. The SMILES string of the molecule is COc1cc(/C=C(\C#N)C(=O)Nc2cccc(C(F)(F)F)c2)ccc1OCc1ccc(F)cc1. The lowest BCUT2D eigenvalue weighted by Crippen LogP contribution is -2.14. The van der Waals surface area contributed by atoms with Gasteiger partial charge in [-0.3, -0.25) is 4.79 Å². The largest absolute Gasteiger partial charge is 0.493 e. The van der Waals surface area contributed by atoms with Gasteiger partial charge in [0.2, 0.25) is 0 Å². The van der Waals surface area contributed by atoms with Crippen molar-refractivity contribution in [2.24, 2.45) is 0 Å². The first-order chi connectivity index (χ1) is 16.2. The molecule has 3 aromatic rings. The number of benzene rings is 3. The molecule has 0 atom stereocenters. The van der Waals surface area contributed by atoms with Crippen molar-refractivity contribution in [3.8, 4) is 17.6 Å². The molecule has 5 nitrogen and oxygen atoms in total. The van der Waals surface area contributed by atoms with E-state index in [-0.39, 0.29) is 23.7 Å². The molecule has 3 rings (SSSR count). The van der Waals surface area contributed by atoms with Crippen molar-refractivity contribution in [2.75, 3.05) is 12.4 Å². The average molecular weight is 470 g/mol. The summed E-state index contributed by atoms with van der Waals surface area (Å²) in [5.74, 6) is -0.511. The summed E-state index contributed by atoms with van der Waals surface area (Å²) in [6, 6.07) is 16.3. The number of amides is 1. The maximum absolute atomic E-state index is 13.0. The molecule has 0 saturated carbocycles. The van der Waals surface area contributed by atoms with Gasteiger partial charge in [-0.05, 0) is 59.7 Å². The van der Waals surface area contributed by atoms with Crippen LogP contribution in [0.5, 0.6) is 11.5 Å². The second-order valence-corrected chi connectivity index (χ2v) is 7.03. The van der Waals surface area contributed by atoms with E-state index in [1.165, 1.54) is 37.5 Å². The van der Waals surface area contributed by atoms with Gasteiger partial charge < -0.3 is 14.8 Å². The zero-order valence-corrected chi connectivity index (χ0v) is 17.8. The van der Waals surface area contributed by atoms with E-state index in [0.717, 1.165) is 23.8 Å². The molecule has 3 aromatic carbocycles. The molecule has 1 amide bonds. The van der Waals surface area contributed by atoms with E-state index in [0.29, 0.717) is 17.1 Å². The summed E-state index contributed by atoms with van der Waals surface area (Å²) in [5.41, 5.74) is -0.163. The number of nitriles is 1. The third-order valence-corrected chi connectivity index (χ3v) is 4.62. The lowest BCUT2D eigenvalue weighted by atomic mass is 10.1. The summed E-state index contributed by atoms with van der Waals surface area (Å²) >= 11 is 0. The Morgan fingerprint density at radius 2 is 1.79 bits per heavy atom. The molecule has 1 N–H and O–H groups in total. The lowest BCUT2D eigenvalue weighted by molar-refractivity contribution is -0.137. The molecule has 0 aliphatic heterocycles. The maximum atomic E-state index is 13.0. The van der Waals surface area contributed by atoms with Gasteiger partial charge in [0.15, 0.2) is 11.5 Å². The Morgan fingerprint density at radius 3 is 2.44 bits per heavy atom. The van der Waals surface area contributed by atoms with E-state index >= 15 is 0 Å². The number of carbonyl (C=O) groups is 1. The maximum Gasteiger partial charge on any atom is 0.416 e. The number of carbonyl (C=O) groups excluding carboxylic acids is 1. The van der Waals surface area contributed by atoms with E-state index < -0.39 is 17.6 Å². The van der Waals surface area contributed by atoms with Gasteiger partial charge in [-0.25, -0.2) is 4.39 Å². The smallest absolute Gasteiger partial charge is 0.416 e. The lowest BCUT2D eigenvalue weighted by Gasteiger charge is -2.12. The van der Waals surface area contributed by atoms with Crippen LogP contribution >= 0.6 is 0 Å². The summed E-state index contributed by atoms with van der Waals surface area (Å²) in [7, 11) is 1.42.